The van der Waals surface area contributed by atoms with Gasteiger partial charge in [0.2, 0.25) is 10.0 Å². The van der Waals surface area contributed by atoms with Gasteiger partial charge in [-0.05, 0) is 46.9 Å². The summed E-state index contributed by atoms with van der Waals surface area (Å²) in [4.78, 5) is 28.2. The van der Waals surface area contributed by atoms with E-state index in [1.54, 1.807) is 6.07 Å². The van der Waals surface area contributed by atoms with Crippen molar-refractivity contribution in [2.45, 2.75) is 17.7 Å². The first-order valence-corrected chi connectivity index (χ1v) is 11.2. The molecule has 0 radical (unpaired) electrons. The summed E-state index contributed by atoms with van der Waals surface area (Å²) in [6, 6.07) is 16.5. The van der Waals surface area contributed by atoms with Crippen LogP contribution < -0.4 is 4.72 Å². The molecule has 3 aromatic rings. The second kappa shape index (κ2) is 8.79. The number of carbonyl (C=O) groups excluding carboxylic acids is 2. The highest BCUT2D eigenvalue weighted by Gasteiger charge is 2.20. The Balaban J connectivity index is 1.29. The van der Waals surface area contributed by atoms with E-state index in [4.69, 9.17) is 4.74 Å². The zero-order valence-corrected chi connectivity index (χ0v) is 17.4. The fourth-order valence-corrected chi connectivity index (χ4v) is 4.47. The van der Waals surface area contributed by atoms with Crippen molar-refractivity contribution in [1.29, 1.82) is 0 Å². The number of rotatable bonds is 8. The van der Waals surface area contributed by atoms with Crippen LogP contribution in [-0.2, 0) is 26.0 Å². The van der Waals surface area contributed by atoms with Gasteiger partial charge >= 0.3 is 5.97 Å². The molecule has 0 saturated heterocycles. The quantitative estimate of drug-likeness (QED) is 0.337. The molecule has 0 unspecified atom stereocenters. The highest BCUT2D eigenvalue weighted by Crippen LogP contribution is 2.36. The molecule has 0 fully saturated rings. The van der Waals surface area contributed by atoms with Gasteiger partial charge < -0.3 is 4.74 Å². The van der Waals surface area contributed by atoms with Crippen LogP contribution in [0.25, 0.3) is 11.1 Å². The number of aromatic nitrogens is 1. The predicted octanol–water partition coefficient (Wildman–Crippen LogP) is 2.75. The summed E-state index contributed by atoms with van der Waals surface area (Å²) in [6.07, 6.45) is 3.33. The number of hydrogen-bond acceptors (Lipinski definition) is 6. The third-order valence-electron chi connectivity index (χ3n) is 5.05. The van der Waals surface area contributed by atoms with E-state index in [1.807, 2.05) is 30.3 Å². The number of fused-ring (bicyclic) bond motifs is 3. The van der Waals surface area contributed by atoms with Gasteiger partial charge in [-0.25, -0.2) is 13.1 Å². The maximum atomic E-state index is 12.5. The van der Waals surface area contributed by atoms with Crippen LogP contribution in [0.15, 0.2) is 71.9 Å². The van der Waals surface area contributed by atoms with E-state index in [0.29, 0.717) is 5.56 Å². The van der Waals surface area contributed by atoms with E-state index in [1.165, 1.54) is 30.1 Å². The Morgan fingerprint density at radius 2 is 1.81 bits per heavy atom. The van der Waals surface area contributed by atoms with E-state index in [-0.39, 0.29) is 23.6 Å². The summed E-state index contributed by atoms with van der Waals surface area (Å²) in [5.41, 5.74) is 5.00. The number of pyridine rings is 1. The van der Waals surface area contributed by atoms with Gasteiger partial charge in [0.25, 0.3) is 0 Å². The van der Waals surface area contributed by atoms with E-state index in [0.717, 1.165) is 23.1 Å². The number of nitrogens with one attached hydrogen (secondary N) is 1. The number of benzene rings is 2. The minimum absolute atomic E-state index is 0.0109. The van der Waals surface area contributed by atoms with Crippen molar-refractivity contribution >= 4 is 21.8 Å². The topological polar surface area (TPSA) is 102 Å². The van der Waals surface area contributed by atoms with Crippen molar-refractivity contribution < 1.29 is 22.7 Å². The van der Waals surface area contributed by atoms with Crippen molar-refractivity contribution in [3.63, 3.8) is 0 Å². The van der Waals surface area contributed by atoms with Crippen molar-refractivity contribution in [2.75, 3.05) is 13.2 Å². The smallest absolute Gasteiger partial charge is 0.307 e. The summed E-state index contributed by atoms with van der Waals surface area (Å²) < 4.78 is 31.5. The molecule has 0 aliphatic heterocycles. The lowest BCUT2D eigenvalue weighted by atomic mass is 10.0. The Bertz CT molecular complexity index is 1240. The van der Waals surface area contributed by atoms with Gasteiger partial charge in [-0.15, -0.1) is 0 Å². The van der Waals surface area contributed by atoms with Crippen molar-refractivity contribution in [1.82, 2.24) is 9.71 Å². The number of ketones is 1. The Hall–Kier alpha value is -3.36. The number of sulfonamides is 1. The summed E-state index contributed by atoms with van der Waals surface area (Å²) in [5, 5.41) is 0. The summed E-state index contributed by atoms with van der Waals surface area (Å²) in [7, 11) is -3.75. The zero-order chi connectivity index (χ0) is 21.8. The Kier molecular flexibility index (Phi) is 5.92. The summed E-state index contributed by atoms with van der Waals surface area (Å²) in [5.74, 6) is -0.967. The van der Waals surface area contributed by atoms with Crippen LogP contribution in [0.4, 0.5) is 0 Å². The van der Waals surface area contributed by atoms with Gasteiger partial charge in [0, 0.05) is 24.5 Å². The molecule has 1 aromatic heterocycles. The second-order valence-electron chi connectivity index (χ2n) is 7.13. The van der Waals surface area contributed by atoms with E-state index in [9.17, 15) is 18.0 Å². The molecule has 0 spiro atoms. The number of carbonyl (C=O) groups is 2. The lowest BCUT2D eigenvalue weighted by Crippen LogP contribution is -2.27. The van der Waals surface area contributed by atoms with Gasteiger partial charge in [0.1, 0.15) is 4.90 Å². The molecule has 4 rings (SSSR count). The van der Waals surface area contributed by atoms with E-state index < -0.39 is 22.6 Å². The fraction of sp³-hybridized carbons (Fsp3) is 0.174. The van der Waals surface area contributed by atoms with Gasteiger partial charge in [0.15, 0.2) is 12.4 Å². The Labute approximate surface area is 180 Å². The highest BCUT2D eigenvalue weighted by molar-refractivity contribution is 7.89. The molecule has 0 atom stereocenters. The summed E-state index contributed by atoms with van der Waals surface area (Å²) >= 11 is 0. The predicted molar refractivity (Wildman–Crippen MR) is 114 cm³/mol. The average molecular weight is 436 g/mol. The maximum absolute atomic E-state index is 12.5. The molecular formula is C23H20N2O5S. The molecule has 0 saturated carbocycles. The Morgan fingerprint density at radius 3 is 2.61 bits per heavy atom. The molecule has 2 aromatic carbocycles. The number of esters is 1. The van der Waals surface area contributed by atoms with E-state index >= 15 is 0 Å². The molecule has 8 heteroatoms. The van der Waals surface area contributed by atoms with Crippen LogP contribution >= 0.6 is 0 Å². The first-order valence-electron chi connectivity index (χ1n) is 9.74. The first-order chi connectivity index (χ1) is 14.9. The highest BCUT2D eigenvalue weighted by atomic mass is 32.2. The minimum atomic E-state index is -3.75. The Morgan fingerprint density at radius 1 is 1.00 bits per heavy atom. The van der Waals surface area contributed by atoms with Crippen LogP contribution in [0.2, 0.25) is 0 Å². The molecular weight excluding hydrogens is 416 g/mol. The fourth-order valence-electron chi connectivity index (χ4n) is 3.48. The normalized spacial score (nSPS) is 12.1. The van der Waals surface area contributed by atoms with Gasteiger partial charge in [-0.3, -0.25) is 14.6 Å². The lowest BCUT2D eigenvalue weighted by molar-refractivity contribution is -0.142. The molecule has 1 aliphatic carbocycles. The molecule has 0 bridgehead atoms. The monoisotopic (exact) mass is 436 g/mol. The largest absolute Gasteiger partial charge is 0.457 e. The van der Waals surface area contributed by atoms with Crippen LogP contribution in [0, 0.1) is 0 Å². The summed E-state index contributed by atoms with van der Waals surface area (Å²) in [6.45, 7) is -0.533. The van der Waals surface area contributed by atoms with Crippen LogP contribution in [0.3, 0.4) is 0 Å². The number of ether oxygens (including phenoxy) is 1. The zero-order valence-electron chi connectivity index (χ0n) is 16.6. The molecule has 31 heavy (non-hydrogen) atoms. The maximum Gasteiger partial charge on any atom is 0.307 e. The van der Waals surface area contributed by atoms with E-state index in [2.05, 4.69) is 15.8 Å². The molecule has 7 nitrogen and oxygen atoms in total. The van der Waals surface area contributed by atoms with Gasteiger partial charge in [-0.1, -0.05) is 36.4 Å². The number of Topliss-reactive ketones (excluding diaryl/α,β-unsaturated/α-hetero) is 1. The van der Waals surface area contributed by atoms with Crippen LogP contribution in [-0.4, -0.2) is 38.3 Å². The van der Waals surface area contributed by atoms with Gasteiger partial charge in [-0.2, -0.15) is 0 Å². The van der Waals surface area contributed by atoms with Crippen LogP contribution in [0.5, 0.6) is 0 Å². The SMILES string of the molecule is O=C(CCNS(=O)(=O)c1cccnc1)OCC(=O)c1ccc2c(c1)-c1ccccc1C2. The second-order valence-corrected chi connectivity index (χ2v) is 8.89. The third kappa shape index (κ3) is 4.70. The number of nitrogens with zero attached hydrogens (tertiary/aromatic N) is 1. The lowest BCUT2D eigenvalue weighted by Gasteiger charge is -2.08. The minimum Gasteiger partial charge on any atom is -0.457 e. The molecule has 1 aliphatic rings. The first kappa shape index (κ1) is 20.9. The molecule has 0 amide bonds. The third-order valence-corrected chi connectivity index (χ3v) is 6.50. The van der Waals surface area contributed by atoms with Crippen molar-refractivity contribution in [3.8, 4) is 11.1 Å². The average Bonchev–Trinajstić information content (AvgIpc) is 3.16. The van der Waals surface area contributed by atoms with Crippen molar-refractivity contribution in [2.24, 2.45) is 0 Å². The van der Waals surface area contributed by atoms with Gasteiger partial charge in [0.05, 0.1) is 6.42 Å². The standard InChI is InChI=1S/C23H20N2O5S/c26-22(18-8-7-17-12-16-4-1-2-6-20(16)21(17)13-18)15-30-23(27)9-11-25-31(28,29)19-5-3-10-24-14-19/h1-8,10,13-14,25H,9,11-12,15H2. The molecule has 1 N–H and O–H groups in total. The molecule has 1 heterocycles. The molecule has 158 valence electrons. The van der Waals surface area contributed by atoms with Crippen LogP contribution in [0.1, 0.15) is 27.9 Å². The number of hydrogen-bond donors (Lipinski definition) is 1. The van der Waals surface area contributed by atoms with Crippen molar-refractivity contribution in [3.05, 3.63) is 83.7 Å².